The molecule has 2 aromatic heterocycles. The Kier molecular flexibility index (Phi) is 6.09. The molecule has 0 aliphatic heterocycles. The zero-order chi connectivity index (χ0) is 23.5. The van der Waals surface area contributed by atoms with E-state index in [1.165, 1.54) is 23.9 Å². The summed E-state index contributed by atoms with van der Waals surface area (Å²) in [4.78, 5) is 22.5. The summed E-state index contributed by atoms with van der Waals surface area (Å²) in [6, 6.07) is 20.7. The minimum Gasteiger partial charge on any atom is -0.497 e. The molecule has 170 valence electrons. The molecule has 5 rings (SSSR count). The van der Waals surface area contributed by atoms with Crippen LogP contribution in [0.1, 0.15) is 11.5 Å². The van der Waals surface area contributed by atoms with E-state index < -0.39 is 0 Å². The zero-order valence-electron chi connectivity index (χ0n) is 18.1. The van der Waals surface area contributed by atoms with Gasteiger partial charge in [-0.3, -0.25) is 9.36 Å². The molecule has 0 aliphatic carbocycles. The molecule has 0 radical (unpaired) electrons. The third-order valence-corrected chi connectivity index (χ3v) is 6.16. The highest BCUT2D eigenvalue weighted by Crippen LogP contribution is 2.24. The van der Waals surface area contributed by atoms with Gasteiger partial charge >= 0.3 is 0 Å². The average Bonchev–Trinajstić information content (AvgIpc) is 3.34. The van der Waals surface area contributed by atoms with Gasteiger partial charge in [0.15, 0.2) is 5.16 Å². The fourth-order valence-corrected chi connectivity index (χ4v) is 4.34. The number of hydrogen-bond donors (Lipinski definition) is 0. The van der Waals surface area contributed by atoms with Gasteiger partial charge in [-0.2, -0.15) is 4.98 Å². The quantitative estimate of drug-likeness (QED) is 0.244. The van der Waals surface area contributed by atoms with Gasteiger partial charge in [-0.05, 0) is 54.1 Å². The highest BCUT2D eigenvalue weighted by molar-refractivity contribution is 7.98. The number of benzene rings is 3. The smallest absolute Gasteiger partial charge is 0.262 e. The highest BCUT2D eigenvalue weighted by atomic mass is 32.2. The van der Waals surface area contributed by atoms with Gasteiger partial charge in [-0.25, -0.2) is 9.37 Å². The van der Waals surface area contributed by atoms with Gasteiger partial charge in [-0.15, -0.1) is 0 Å². The van der Waals surface area contributed by atoms with E-state index in [-0.39, 0.29) is 11.4 Å². The van der Waals surface area contributed by atoms with Gasteiger partial charge in [-0.1, -0.05) is 41.2 Å². The number of aromatic nitrogens is 4. The second-order valence-electron chi connectivity index (χ2n) is 7.46. The molecule has 0 unspecified atom stereocenters. The molecule has 34 heavy (non-hydrogen) atoms. The van der Waals surface area contributed by atoms with Gasteiger partial charge in [0.2, 0.25) is 11.7 Å². The first-order chi connectivity index (χ1) is 16.6. The first-order valence-electron chi connectivity index (χ1n) is 10.4. The second-order valence-corrected chi connectivity index (χ2v) is 8.40. The van der Waals surface area contributed by atoms with Crippen LogP contribution in [0.5, 0.6) is 5.75 Å². The Morgan fingerprint density at radius 2 is 1.85 bits per heavy atom. The molecule has 2 heterocycles. The van der Waals surface area contributed by atoms with E-state index in [9.17, 15) is 9.18 Å². The minimum absolute atomic E-state index is 0.131. The Morgan fingerprint density at radius 1 is 1.03 bits per heavy atom. The second kappa shape index (κ2) is 9.48. The van der Waals surface area contributed by atoms with Crippen LogP contribution in [0.2, 0.25) is 0 Å². The average molecular weight is 475 g/mol. The molecular weight excluding hydrogens is 455 g/mol. The summed E-state index contributed by atoms with van der Waals surface area (Å²) in [7, 11) is 1.61. The van der Waals surface area contributed by atoms with Crippen molar-refractivity contribution in [2.24, 2.45) is 0 Å². The number of methoxy groups -OCH3 is 1. The van der Waals surface area contributed by atoms with Crippen molar-refractivity contribution < 1.29 is 13.7 Å². The molecule has 3 aromatic carbocycles. The third-order valence-electron chi connectivity index (χ3n) is 5.20. The van der Waals surface area contributed by atoms with E-state index in [4.69, 9.17) is 14.2 Å². The Labute approximate surface area is 198 Å². The van der Waals surface area contributed by atoms with Crippen molar-refractivity contribution in [2.75, 3.05) is 7.11 Å². The summed E-state index contributed by atoms with van der Waals surface area (Å²) in [6.07, 6.45) is 0. The summed E-state index contributed by atoms with van der Waals surface area (Å²) in [5.41, 5.74) is 2.06. The SMILES string of the molecule is COc1cccc(Cn2c(SCc3nc(-c4ccc(F)cc4)no3)nc3ccccc3c2=O)c1. The van der Waals surface area contributed by atoms with Crippen molar-refractivity contribution >= 4 is 22.7 Å². The number of nitrogens with zero attached hydrogens (tertiary/aromatic N) is 4. The number of ether oxygens (including phenoxy) is 1. The molecule has 0 aliphatic rings. The lowest BCUT2D eigenvalue weighted by Crippen LogP contribution is -2.24. The van der Waals surface area contributed by atoms with Gasteiger partial charge in [0, 0.05) is 5.56 Å². The lowest BCUT2D eigenvalue weighted by molar-refractivity contribution is 0.391. The molecule has 7 nitrogen and oxygen atoms in total. The van der Waals surface area contributed by atoms with Crippen LogP contribution in [0.25, 0.3) is 22.3 Å². The minimum atomic E-state index is -0.334. The number of rotatable bonds is 7. The number of para-hydroxylation sites is 1. The van der Waals surface area contributed by atoms with Crippen LogP contribution in [0, 0.1) is 5.82 Å². The van der Waals surface area contributed by atoms with Crippen LogP contribution in [0.15, 0.2) is 87.3 Å². The first-order valence-corrected chi connectivity index (χ1v) is 11.4. The lowest BCUT2D eigenvalue weighted by Gasteiger charge is -2.13. The predicted octanol–water partition coefficient (Wildman–Crippen LogP) is 4.93. The predicted molar refractivity (Wildman–Crippen MR) is 127 cm³/mol. The van der Waals surface area contributed by atoms with Gasteiger partial charge in [0.25, 0.3) is 5.56 Å². The summed E-state index contributed by atoms with van der Waals surface area (Å²) in [5, 5.41) is 5.06. The molecule has 0 N–H and O–H groups in total. The monoisotopic (exact) mass is 474 g/mol. The summed E-state index contributed by atoms with van der Waals surface area (Å²) in [5.74, 6) is 1.44. The van der Waals surface area contributed by atoms with E-state index >= 15 is 0 Å². The summed E-state index contributed by atoms with van der Waals surface area (Å²) < 4.78 is 25.5. The molecule has 9 heteroatoms. The topological polar surface area (TPSA) is 83.0 Å². The van der Waals surface area contributed by atoms with Crippen LogP contribution in [0.4, 0.5) is 4.39 Å². The number of fused-ring (bicyclic) bond motifs is 1. The van der Waals surface area contributed by atoms with Crippen molar-refractivity contribution in [3.63, 3.8) is 0 Å². The summed E-state index contributed by atoms with van der Waals surface area (Å²) in [6.45, 7) is 0.334. The number of thioether (sulfide) groups is 1. The van der Waals surface area contributed by atoms with Crippen molar-refractivity contribution in [1.29, 1.82) is 0 Å². The molecule has 0 spiro atoms. The molecule has 0 fully saturated rings. The van der Waals surface area contributed by atoms with Gasteiger partial charge < -0.3 is 9.26 Å². The van der Waals surface area contributed by atoms with E-state index in [0.717, 1.165) is 5.56 Å². The molecule has 0 bridgehead atoms. The molecular formula is C25H19FN4O3S. The van der Waals surface area contributed by atoms with E-state index in [1.54, 1.807) is 29.9 Å². The van der Waals surface area contributed by atoms with Crippen LogP contribution >= 0.6 is 11.8 Å². The maximum atomic E-state index is 13.3. The standard InChI is InChI=1S/C25H19FN4O3S/c1-32-19-6-4-5-16(13-19)14-30-24(31)20-7-2-3-8-21(20)27-25(30)34-15-22-28-23(29-33-22)17-9-11-18(26)12-10-17/h2-13H,14-15H2,1H3. The van der Waals surface area contributed by atoms with E-state index in [1.807, 2.05) is 42.5 Å². The van der Waals surface area contributed by atoms with Crippen molar-refractivity contribution in [3.8, 4) is 17.1 Å². The molecule has 0 saturated carbocycles. The van der Waals surface area contributed by atoms with Crippen molar-refractivity contribution in [1.82, 2.24) is 19.7 Å². The Balaban J connectivity index is 1.45. The third kappa shape index (κ3) is 4.55. The summed E-state index contributed by atoms with van der Waals surface area (Å²) >= 11 is 1.33. The van der Waals surface area contributed by atoms with Crippen LogP contribution in [-0.2, 0) is 12.3 Å². The van der Waals surface area contributed by atoms with Gasteiger partial charge in [0.05, 0.1) is 30.3 Å². The Hall–Kier alpha value is -3.98. The van der Waals surface area contributed by atoms with E-state index in [0.29, 0.717) is 51.4 Å². The maximum absolute atomic E-state index is 13.3. The lowest BCUT2D eigenvalue weighted by atomic mass is 10.2. The Morgan fingerprint density at radius 3 is 2.68 bits per heavy atom. The largest absolute Gasteiger partial charge is 0.497 e. The highest BCUT2D eigenvalue weighted by Gasteiger charge is 2.15. The van der Waals surface area contributed by atoms with Crippen LogP contribution < -0.4 is 10.3 Å². The molecule has 0 saturated heterocycles. The Bertz CT molecular complexity index is 1520. The fourth-order valence-electron chi connectivity index (χ4n) is 3.51. The van der Waals surface area contributed by atoms with Gasteiger partial charge in [0.1, 0.15) is 11.6 Å². The zero-order valence-corrected chi connectivity index (χ0v) is 19.0. The first kappa shape index (κ1) is 21.8. The van der Waals surface area contributed by atoms with Crippen molar-refractivity contribution in [3.05, 3.63) is 100 Å². The van der Waals surface area contributed by atoms with E-state index in [2.05, 4.69) is 10.1 Å². The maximum Gasteiger partial charge on any atom is 0.262 e. The van der Waals surface area contributed by atoms with Crippen LogP contribution in [0.3, 0.4) is 0 Å². The molecule has 5 aromatic rings. The van der Waals surface area contributed by atoms with Crippen molar-refractivity contribution in [2.45, 2.75) is 17.5 Å². The fraction of sp³-hybridized carbons (Fsp3) is 0.120. The molecule has 0 atom stereocenters. The number of hydrogen-bond acceptors (Lipinski definition) is 7. The molecule has 0 amide bonds. The van der Waals surface area contributed by atoms with Crippen LogP contribution in [-0.4, -0.2) is 26.8 Å². The number of halogens is 1. The normalized spacial score (nSPS) is 11.1.